The zero-order valence-electron chi connectivity index (χ0n) is 8.39. The van der Waals surface area contributed by atoms with E-state index in [2.05, 4.69) is 15.5 Å². The molecule has 0 unspecified atom stereocenters. The Bertz CT molecular complexity index is 276. The summed E-state index contributed by atoms with van der Waals surface area (Å²) in [5, 5.41) is 11.0. The van der Waals surface area contributed by atoms with Gasteiger partial charge >= 0.3 is 0 Å². The third-order valence-electron chi connectivity index (χ3n) is 3.03. The van der Waals surface area contributed by atoms with Crippen molar-refractivity contribution in [2.75, 3.05) is 5.73 Å². The van der Waals surface area contributed by atoms with Crippen molar-refractivity contribution < 1.29 is 0 Å². The Morgan fingerprint density at radius 3 is 2.71 bits per heavy atom. The minimum atomic E-state index is 0.431. The standard InChI is InChI=1S/C9H17N5/c10-9-11-12-13-14(9)7-6-8-4-2-1-3-5-8/h8H,1-7H2,(H2,10,11,13). The van der Waals surface area contributed by atoms with Crippen LogP contribution in [0.5, 0.6) is 0 Å². The highest BCUT2D eigenvalue weighted by Crippen LogP contribution is 2.26. The Morgan fingerprint density at radius 1 is 1.29 bits per heavy atom. The van der Waals surface area contributed by atoms with Crippen molar-refractivity contribution in [3.05, 3.63) is 0 Å². The highest BCUT2D eigenvalue weighted by molar-refractivity contribution is 5.09. The van der Waals surface area contributed by atoms with E-state index < -0.39 is 0 Å². The third-order valence-corrected chi connectivity index (χ3v) is 3.03. The van der Waals surface area contributed by atoms with E-state index in [4.69, 9.17) is 5.73 Å². The molecule has 1 fully saturated rings. The fourth-order valence-electron chi connectivity index (χ4n) is 2.15. The van der Waals surface area contributed by atoms with E-state index >= 15 is 0 Å². The number of nitrogen functional groups attached to an aromatic ring is 1. The largest absolute Gasteiger partial charge is 0.367 e. The Hall–Kier alpha value is -1.13. The van der Waals surface area contributed by atoms with Crippen LogP contribution >= 0.6 is 0 Å². The van der Waals surface area contributed by atoms with Gasteiger partial charge in [0, 0.05) is 6.54 Å². The fraction of sp³-hybridized carbons (Fsp3) is 0.889. The van der Waals surface area contributed by atoms with Crippen LogP contribution in [0, 0.1) is 5.92 Å². The molecule has 0 spiro atoms. The number of rotatable bonds is 3. The number of anilines is 1. The molecule has 1 saturated carbocycles. The van der Waals surface area contributed by atoms with Crippen LogP contribution in [0.25, 0.3) is 0 Å². The number of aryl methyl sites for hydroxylation is 1. The number of aromatic nitrogens is 4. The topological polar surface area (TPSA) is 69.6 Å². The van der Waals surface area contributed by atoms with E-state index in [1.165, 1.54) is 32.1 Å². The molecular formula is C9H17N5. The first-order valence-electron chi connectivity index (χ1n) is 5.38. The molecule has 0 atom stereocenters. The van der Waals surface area contributed by atoms with E-state index in [-0.39, 0.29) is 0 Å². The van der Waals surface area contributed by atoms with Crippen molar-refractivity contribution in [1.29, 1.82) is 0 Å². The average molecular weight is 195 g/mol. The normalized spacial score (nSPS) is 18.6. The van der Waals surface area contributed by atoms with E-state index in [0.717, 1.165) is 18.9 Å². The molecule has 0 aromatic carbocycles. The molecule has 0 amide bonds. The minimum Gasteiger partial charge on any atom is -0.367 e. The maximum absolute atomic E-state index is 5.58. The molecular weight excluding hydrogens is 178 g/mol. The lowest BCUT2D eigenvalue weighted by atomic mass is 9.87. The smallest absolute Gasteiger partial charge is 0.240 e. The van der Waals surface area contributed by atoms with E-state index in [0.29, 0.717) is 5.95 Å². The predicted molar refractivity (Wildman–Crippen MR) is 53.4 cm³/mol. The summed E-state index contributed by atoms with van der Waals surface area (Å²) in [5.74, 6) is 1.29. The Labute approximate surface area is 83.7 Å². The molecule has 5 heteroatoms. The van der Waals surface area contributed by atoms with Crippen molar-refractivity contribution >= 4 is 5.95 Å². The van der Waals surface area contributed by atoms with Crippen LogP contribution in [-0.2, 0) is 6.54 Å². The Kier molecular flexibility index (Phi) is 2.96. The van der Waals surface area contributed by atoms with Crippen LogP contribution in [0.4, 0.5) is 5.95 Å². The van der Waals surface area contributed by atoms with E-state index in [9.17, 15) is 0 Å². The molecule has 1 aromatic heterocycles. The van der Waals surface area contributed by atoms with Crippen LogP contribution in [-0.4, -0.2) is 20.2 Å². The Morgan fingerprint density at radius 2 is 2.07 bits per heavy atom. The highest BCUT2D eigenvalue weighted by atomic mass is 15.6. The molecule has 2 N–H and O–H groups in total. The Balaban J connectivity index is 1.79. The summed E-state index contributed by atoms with van der Waals surface area (Å²) >= 11 is 0. The van der Waals surface area contributed by atoms with Gasteiger partial charge in [-0.05, 0) is 22.8 Å². The molecule has 5 nitrogen and oxygen atoms in total. The van der Waals surface area contributed by atoms with Gasteiger partial charge in [0.2, 0.25) is 5.95 Å². The molecule has 1 aliphatic rings. The summed E-state index contributed by atoms with van der Waals surface area (Å²) in [6, 6.07) is 0. The summed E-state index contributed by atoms with van der Waals surface area (Å²) in [4.78, 5) is 0. The quantitative estimate of drug-likeness (QED) is 0.787. The van der Waals surface area contributed by atoms with Crippen LogP contribution in [0.3, 0.4) is 0 Å². The van der Waals surface area contributed by atoms with Crippen LogP contribution in [0.15, 0.2) is 0 Å². The number of nitrogens with two attached hydrogens (primary N) is 1. The van der Waals surface area contributed by atoms with Gasteiger partial charge in [0.05, 0.1) is 0 Å². The van der Waals surface area contributed by atoms with Crippen LogP contribution in [0.2, 0.25) is 0 Å². The second-order valence-corrected chi connectivity index (χ2v) is 4.05. The molecule has 1 aliphatic carbocycles. The van der Waals surface area contributed by atoms with Gasteiger partial charge in [-0.25, -0.2) is 4.68 Å². The second-order valence-electron chi connectivity index (χ2n) is 4.05. The molecule has 14 heavy (non-hydrogen) atoms. The lowest BCUT2D eigenvalue weighted by molar-refractivity contribution is 0.318. The van der Waals surface area contributed by atoms with Crippen molar-refractivity contribution in [2.24, 2.45) is 5.92 Å². The first kappa shape index (κ1) is 9.43. The maximum atomic E-state index is 5.58. The van der Waals surface area contributed by atoms with E-state index in [1.807, 2.05) is 0 Å². The van der Waals surface area contributed by atoms with Gasteiger partial charge in [0.25, 0.3) is 0 Å². The van der Waals surface area contributed by atoms with Crippen LogP contribution < -0.4 is 5.73 Å². The van der Waals surface area contributed by atoms with Gasteiger partial charge in [-0.3, -0.25) is 0 Å². The molecule has 0 aliphatic heterocycles. The average Bonchev–Trinajstić information content (AvgIpc) is 2.63. The van der Waals surface area contributed by atoms with Gasteiger partial charge in [-0.1, -0.05) is 37.2 Å². The minimum absolute atomic E-state index is 0.431. The SMILES string of the molecule is Nc1nnnn1CCC1CCCCC1. The lowest BCUT2D eigenvalue weighted by Crippen LogP contribution is -2.12. The third kappa shape index (κ3) is 2.21. The van der Waals surface area contributed by atoms with Gasteiger partial charge in [-0.2, -0.15) is 0 Å². The summed E-state index contributed by atoms with van der Waals surface area (Å²) in [6.07, 6.45) is 8.06. The molecule has 0 bridgehead atoms. The van der Waals surface area contributed by atoms with Crippen LogP contribution in [0.1, 0.15) is 38.5 Å². The number of hydrogen-bond donors (Lipinski definition) is 1. The summed E-state index contributed by atoms with van der Waals surface area (Å²) in [5.41, 5.74) is 5.58. The number of tetrazole rings is 1. The van der Waals surface area contributed by atoms with Crippen molar-refractivity contribution in [2.45, 2.75) is 45.1 Å². The molecule has 1 heterocycles. The summed E-state index contributed by atoms with van der Waals surface area (Å²) in [7, 11) is 0. The van der Waals surface area contributed by atoms with Crippen molar-refractivity contribution in [3.63, 3.8) is 0 Å². The van der Waals surface area contributed by atoms with Crippen molar-refractivity contribution in [1.82, 2.24) is 20.2 Å². The van der Waals surface area contributed by atoms with Gasteiger partial charge < -0.3 is 5.73 Å². The first-order valence-corrected chi connectivity index (χ1v) is 5.38. The predicted octanol–water partition coefficient (Wildman–Crippen LogP) is 1.23. The zero-order valence-corrected chi connectivity index (χ0v) is 8.39. The second kappa shape index (κ2) is 4.39. The molecule has 78 valence electrons. The number of nitrogens with zero attached hydrogens (tertiary/aromatic N) is 4. The van der Waals surface area contributed by atoms with Gasteiger partial charge in [0.1, 0.15) is 0 Å². The number of hydrogen-bond acceptors (Lipinski definition) is 4. The monoisotopic (exact) mass is 195 g/mol. The fourth-order valence-corrected chi connectivity index (χ4v) is 2.15. The summed E-state index contributed by atoms with van der Waals surface area (Å²) < 4.78 is 1.69. The van der Waals surface area contributed by atoms with Gasteiger partial charge in [-0.15, -0.1) is 0 Å². The maximum Gasteiger partial charge on any atom is 0.240 e. The van der Waals surface area contributed by atoms with E-state index in [1.54, 1.807) is 4.68 Å². The summed E-state index contributed by atoms with van der Waals surface area (Å²) in [6.45, 7) is 0.865. The molecule has 0 radical (unpaired) electrons. The molecule has 0 saturated heterocycles. The lowest BCUT2D eigenvalue weighted by Gasteiger charge is -2.20. The van der Waals surface area contributed by atoms with Crippen molar-refractivity contribution in [3.8, 4) is 0 Å². The highest BCUT2D eigenvalue weighted by Gasteiger charge is 2.13. The molecule has 2 rings (SSSR count). The first-order chi connectivity index (χ1) is 6.86. The zero-order chi connectivity index (χ0) is 9.80. The molecule has 1 aromatic rings. The van der Waals surface area contributed by atoms with Gasteiger partial charge in [0.15, 0.2) is 0 Å².